The number of amides is 1. The topological polar surface area (TPSA) is 90.1 Å². The maximum atomic E-state index is 10.9. The molecule has 2 aromatic rings. The first-order valence-corrected chi connectivity index (χ1v) is 6.70. The number of nitrogen functional groups attached to an aromatic ring is 1. The van der Waals surface area contributed by atoms with Crippen LogP contribution in [0.3, 0.4) is 0 Å². The molecule has 0 aliphatic carbocycles. The predicted octanol–water partition coefficient (Wildman–Crippen LogP) is 3.62. The Morgan fingerprint density at radius 1 is 1.24 bits per heavy atom. The molecule has 1 amide bonds. The Labute approximate surface area is 132 Å². The summed E-state index contributed by atoms with van der Waals surface area (Å²) in [6.07, 6.45) is 2.61. The summed E-state index contributed by atoms with van der Waals surface area (Å²) in [5.41, 5.74) is 6.29. The van der Waals surface area contributed by atoms with E-state index in [1.165, 1.54) is 0 Å². The number of nitrogens with two attached hydrogens (primary N) is 1. The zero-order valence-electron chi connectivity index (χ0n) is 11.2. The van der Waals surface area contributed by atoms with Gasteiger partial charge in [0, 0.05) is 12.4 Å². The number of aromatic nitrogens is 2. The molecule has 2 rings (SSSR count). The fourth-order valence-corrected chi connectivity index (χ4v) is 1.44. The van der Waals surface area contributed by atoms with Crippen molar-refractivity contribution < 1.29 is 9.53 Å². The Morgan fingerprint density at radius 3 is 2.33 bits per heavy atom. The summed E-state index contributed by atoms with van der Waals surface area (Å²) in [6, 6.07) is 6.76. The molecule has 0 fully saturated rings. The minimum absolute atomic E-state index is 0.246. The number of nitrogens with one attached hydrogen (secondary N) is 1. The van der Waals surface area contributed by atoms with Crippen LogP contribution in [0.4, 0.5) is 16.2 Å². The highest BCUT2D eigenvalue weighted by Gasteiger charge is 2.04. The summed E-state index contributed by atoms with van der Waals surface area (Å²) in [5, 5.41) is 3.07. The first kappa shape index (κ1) is 17.0. The Bertz CT molecular complexity index is 575. The van der Waals surface area contributed by atoms with Gasteiger partial charge < -0.3 is 10.5 Å². The molecule has 6 nitrogen and oxygen atoms in total. The summed E-state index contributed by atoms with van der Waals surface area (Å²) in [7, 11) is 0. The second-order valence-corrected chi connectivity index (χ2v) is 4.29. The minimum atomic E-state index is -0.530. The lowest BCUT2D eigenvalue weighted by atomic mass is 10.4. The zero-order chi connectivity index (χ0) is 15.7. The molecule has 0 radical (unpaired) electrons. The molecule has 0 aliphatic heterocycles. The van der Waals surface area contributed by atoms with Crippen LogP contribution in [0, 0.1) is 0 Å². The lowest BCUT2D eigenvalue weighted by molar-refractivity contribution is 0.168. The molecule has 0 bridgehead atoms. The van der Waals surface area contributed by atoms with Crippen LogP contribution in [0.2, 0.25) is 10.3 Å². The molecule has 0 saturated carbocycles. The third-order valence-corrected chi connectivity index (χ3v) is 2.68. The number of anilines is 2. The van der Waals surface area contributed by atoms with Crippen LogP contribution in [0.5, 0.6) is 0 Å². The van der Waals surface area contributed by atoms with Crippen molar-refractivity contribution in [3.8, 4) is 0 Å². The predicted molar refractivity (Wildman–Crippen MR) is 83.6 cm³/mol. The van der Waals surface area contributed by atoms with Crippen LogP contribution in [0.1, 0.15) is 6.92 Å². The van der Waals surface area contributed by atoms with Crippen molar-refractivity contribution in [3.63, 3.8) is 0 Å². The van der Waals surface area contributed by atoms with E-state index in [1.54, 1.807) is 43.6 Å². The third-order valence-electron chi connectivity index (χ3n) is 2.06. The third kappa shape index (κ3) is 6.29. The molecule has 3 N–H and O–H groups in total. The number of carbonyl (C=O) groups excluding carboxylic acids is 1. The van der Waals surface area contributed by atoms with E-state index in [2.05, 4.69) is 20.0 Å². The fraction of sp³-hybridized carbons (Fsp3) is 0.154. The van der Waals surface area contributed by atoms with Crippen molar-refractivity contribution in [1.82, 2.24) is 9.97 Å². The highest BCUT2D eigenvalue weighted by atomic mass is 35.5. The van der Waals surface area contributed by atoms with Crippen molar-refractivity contribution in [3.05, 3.63) is 47.0 Å². The molecule has 112 valence electrons. The molecule has 8 heteroatoms. The second kappa shape index (κ2) is 8.99. The number of carbonyl (C=O) groups is 1. The van der Waals surface area contributed by atoms with Gasteiger partial charge in [-0.15, -0.1) is 0 Å². The Kier molecular flexibility index (Phi) is 7.28. The Hall–Kier alpha value is -2.05. The number of ether oxygens (including phenoxy) is 1. The summed E-state index contributed by atoms with van der Waals surface area (Å²) < 4.78 is 4.66. The van der Waals surface area contributed by atoms with Gasteiger partial charge in [-0.25, -0.2) is 14.8 Å². The lowest BCUT2D eigenvalue weighted by Crippen LogP contribution is -2.13. The highest BCUT2D eigenvalue weighted by molar-refractivity contribution is 6.32. The molecule has 0 atom stereocenters. The maximum Gasteiger partial charge on any atom is 0.411 e. The SMILES string of the molecule is CCOC(=O)Nc1cccnc1Cl.Nc1cccnc1Cl. The number of hydrogen-bond donors (Lipinski definition) is 2. The highest BCUT2D eigenvalue weighted by Crippen LogP contribution is 2.17. The molecule has 2 heterocycles. The largest absolute Gasteiger partial charge is 0.450 e. The maximum absolute atomic E-state index is 10.9. The standard InChI is InChI=1S/C8H9ClN2O2.C5H5ClN2/c1-2-13-8(12)11-6-4-3-5-10-7(6)9;6-5-4(7)2-1-3-8-5/h3-5H,2H2,1H3,(H,11,12);1-3H,7H2. The smallest absolute Gasteiger partial charge is 0.411 e. The second-order valence-electron chi connectivity index (χ2n) is 3.57. The van der Waals surface area contributed by atoms with E-state index in [1.807, 2.05) is 0 Å². The van der Waals surface area contributed by atoms with Gasteiger partial charge in [-0.2, -0.15) is 0 Å². The van der Waals surface area contributed by atoms with Gasteiger partial charge in [0.1, 0.15) is 0 Å². The molecule has 0 unspecified atom stereocenters. The molecule has 0 spiro atoms. The quantitative estimate of drug-likeness (QED) is 0.821. The van der Waals surface area contributed by atoms with E-state index in [-0.39, 0.29) is 5.15 Å². The van der Waals surface area contributed by atoms with E-state index in [0.717, 1.165) is 0 Å². The van der Waals surface area contributed by atoms with Gasteiger partial charge in [-0.3, -0.25) is 5.32 Å². The first-order chi connectivity index (χ1) is 10.0. The van der Waals surface area contributed by atoms with Crippen molar-refractivity contribution >= 4 is 40.7 Å². The first-order valence-electron chi connectivity index (χ1n) is 5.94. The molecule has 21 heavy (non-hydrogen) atoms. The Morgan fingerprint density at radius 2 is 1.86 bits per heavy atom. The molecule has 0 aliphatic rings. The van der Waals surface area contributed by atoms with Gasteiger partial charge in [0.05, 0.1) is 18.0 Å². The van der Waals surface area contributed by atoms with Crippen LogP contribution in [-0.2, 0) is 4.74 Å². The normalized spacial score (nSPS) is 9.29. The van der Waals surface area contributed by atoms with Gasteiger partial charge in [-0.05, 0) is 31.2 Å². The summed E-state index contributed by atoms with van der Waals surface area (Å²) >= 11 is 11.2. The van der Waals surface area contributed by atoms with E-state index < -0.39 is 6.09 Å². The van der Waals surface area contributed by atoms with Crippen molar-refractivity contribution in [2.24, 2.45) is 0 Å². The Balaban J connectivity index is 0.000000235. The number of halogens is 2. The van der Waals surface area contributed by atoms with Crippen LogP contribution in [-0.4, -0.2) is 22.7 Å². The number of rotatable bonds is 2. The summed E-state index contributed by atoms with van der Waals surface area (Å²) in [5.74, 6) is 0. The number of nitrogens with zero attached hydrogens (tertiary/aromatic N) is 2. The average Bonchev–Trinajstić information content (AvgIpc) is 2.46. The zero-order valence-corrected chi connectivity index (χ0v) is 12.7. The van der Waals surface area contributed by atoms with E-state index in [0.29, 0.717) is 23.1 Å². The average molecular weight is 329 g/mol. The van der Waals surface area contributed by atoms with E-state index in [9.17, 15) is 4.79 Å². The van der Waals surface area contributed by atoms with Crippen LogP contribution in [0.15, 0.2) is 36.7 Å². The van der Waals surface area contributed by atoms with Gasteiger partial charge >= 0.3 is 6.09 Å². The molecule has 2 aromatic heterocycles. The molecule has 0 aromatic carbocycles. The van der Waals surface area contributed by atoms with Crippen molar-refractivity contribution in [1.29, 1.82) is 0 Å². The van der Waals surface area contributed by atoms with Gasteiger partial charge in [0.2, 0.25) is 0 Å². The van der Waals surface area contributed by atoms with Crippen LogP contribution >= 0.6 is 23.2 Å². The van der Waals surface area contributed by atoms with Crippen LogP contribution in [0.25, 0.3) is 0 Å². The van der Waals surface area contributed by atoms with Crippen LogP contribution < -0.4 is 11.1 Å². The fourth-order valence-electron chi connectivity index (χ4n) is 1.15. The molecular formula is C13H14Cl2N4O2. The summed E-state index contributed by atoms with van der Waals surface area (Å²) in [4.78, 5) is 18.5. The molecular weight excluding hydrogens is 315 g/mol. The van der Waals surface area contributed by atoms with Crippen molar-refractivity contribution in [2.75, 3.05) is 17.7 Å². The number of pyridine rings is 2. The monoisotopic (exact) mass is 328 g/mol. The van der Waals surface area contributed by atoms with E-state index >= 15 is 0 Å². The minimum Gasteiger partial charge on any atom is -0.450 e. The lowest BCUT2D eigenvalue weighted by Gasteiger charge is -2.05. The van der Waals surface area contributed by atoms with Gasteiger partial charge in [0.25, 0.3) is 0 Å². The van der Waals surface area contributed by atoms with E-state index in [4.69, 9.17) is 28.9 Å². The molecule has 0 saturated heterocycles. The van der Waals surface area contributed by atoms with Gasteiger partial charge in [0.15, 0.2) is 10.3 Å². The van der Waals surface area contributed by atoms with Crippen molar-refractivity contribution in [2.45, 2.75) is 6.92 Å². The van der Waals surface area contributed by atoms with Gasteiger partial charge in [-0.1, -0.05) is 23.2 Å². The summed E-state index contributed by atoms with van der Waals surface area (Å²) in [6.45, 7) is 2.05. The number of hydrogen-bond acceptors (Lipinski definition) is 5.